The van der Waals surface area contributed by atoms with Gasteiger partial charge in [0, 0.05) is 30.0 Å². The Morgan fingerprint density at radius 3 is 2.73 bits per heavy atom. The summed E-state index contributed by atoms with van der Waals surface area (Å²) in [6, 6.07) is 9.46. The molecule has 1 unspecified atom stereocenters. The van der Waals surface area contributed by atoms with Gasteiger partial charge in [0.05, 0.1) is 17.4 Å². The molecular weight excluding hydrogens is 326 g/mol. The third-order valence-electron chi connectivity index (χ3n) is 4.90. The molecule has 1 fully saturated rings. The SMILES string of the molecule is CCC1CCCCN1C(=O)c1cncc(Nc2cccc(C(C)=O)c2)c1. The Balaban J connectivity index is 1.78. The van der Waals surface area contributed by atoms with Crippen LogP contribution in [0.15, 0.2) is 42.7 Å². The van der Waals surface area contributed by atoms with Gasteiger partial charge < -0.3 is 10.2 Å². The van der Waals surface area contributed by atoms with Crippen LogP contribution in [0.25, 0.3) is 0 Å². The molecule has 136 valence electrons. The smallest absolute Gasteiger partial charge is 0.255 e. The number of amides is 1. The minimum absolute atomic E-state index is 0.0198. The van der Waals surface area contributed by atoms with E-state index in [1.807, 2.05) is 23.1 Å². The van der Waals surface area contributed by atoms with Crippen LogP contribution < -0.4 is 5.32 Å². The van der Waals surface area contributed by atoms with Gasteiger partial charge in [-0.1, -0.05) is 19.1 Å². The number of hydrogen-bond acceptors (Lipinski definition) is 4. The fraction of sp³-hybridized carbons (Fsp3) is 0.381. The lowest BCUT2D eigenvalue weighted by Crippen LogP contribution is -2.43. The molecule has 1 aromatic carbocycles. The largest absolute Gasteiger partial charge is 0.354 e. The van der Waals surface area contributed by atoms with E-state index in [1.165, 1.54) is 6.42 Å². The lowest BCUT2D eigenvalue weighted by molar-refractivity contribution is 0.0607. The number of Topliss-reactive ketones (excluding diaryl/α,β-unsaturated/α-hetero) is 1. The third kappa shape index (κ3) is 4.10. The van der Waals surface area contributed by atoms with Crippen LogP contribution in [0.2, 0.25) is 0 Å². The molecule has 0 radical (unpaired) electrons. The van der Waals surface area contributed by atoms with Gasteiger partial charge in [0.1, 0.15) is 0 Å². The molecule has 1 aliphatic heterocycles. The minimum Gasteiger partial charge on any atom is -0.354 e. The summed E-state index contributed by atoms with van der Waals surface area (Å²) in [6.07, 6.45) is 7.62. The Morgan fingerprint density at radius 1 is 1.15 bits per heavy atom. The number of rotatable bonds is 5. The number of aromatic nitrogens is 1. The zero-order valence-electron chi connectivity index (χ0n) is 15.4. The van der Waals surface area contributed by atoms with Gasteiger partial charge in [0.15, 0.2) is 5.78 Å². The van der Waals surface area contributed by atoms with Gasteiger partial charge in [-0.15, -0.1) is 0 Å². The van der Waals surface area contributed by atoms with Crippen LogP contribution >= 0.6 is 0 Å². The topological polar surface area (TPSA) is 62.3 Å². The van der Waals surface area contributed by atoms with Crippen molar-refractivity contribution in [2.75, 3.05) is 11.9 Å². The van der Waals surface area contributed by atoms with Crippen LogP contribution in [0, 0.1) is 0 Å². The molecule has 1 aliphatic rings. The predicted octanol–water partition coefficient (Wildman–Crippen LogP) is 4.43. The first-order valence-corrected chi connectivity index (χ1v) is 9.22. The Hall–Kier alpha value is -2.69. The Bertz CT molecular complexity index is 803. The van der Waals surface area contributed by atoms with Crippen LogP contribution in [-0.2, 0) is 0 Å². The van der Waals surface area contributed by atoms with E-state index in [-0.39, 0.29) is 11.7 Å². The number of hydrogen-bond donors (Lipinski definition) is 1. The summed E-state index contributed by atoms with van der Waals surface area (Å²) in [5, 5.41) is 3.24. The van der Waals surface area contributed by atoms with Gasteiger partial charge in [-0.2, -0.15) is 0 Å². The molecule has 1 saturated heterocycles. The van der Waals surface area contributed by atoms with Gasteiger partial charge in [0.2, 0.25) is 0 Å². The number of benzene rings is 1. The van der Waals surface area contributed by atoms with E-state index in [2.05, 4.69) is 17.2 Å². The van der Waals surface area contributed by atoms with E-state index < -0.39 is 0 Å². The highest BCUT2D eigenvalue weighted by Crippen LogP contribution is 2.23. The standard InChI is InChI=1S/C21H25N3O2/c1-3-20-9-4-5-10-24(20)21(26)17-12-19(14-22-13-17)23-18-8-6-7-16(11-18)15(2)25/h6-8,11-14,20,23H,3-5,9-10H2,1-2H3. The summed E-state index contributed by atoms with van der Waals surface area (Å²) in [5.74, 6) is 0.0663. The first-order chi connectivity index (χ1) is 12.6. The molecule has 0 saturated carbocycles. The average molecular weight is 351 g/mol. The first kappa shape index (κ1) is 18.1. The average Bonchev–Trinajstić information content (AvgIpc) is 2.67. The molecule has 1 atom stereocenters. The number of anilines is 2. The van der Waals surface area contributed by atoms with E-state index in [4.69, 9.17) is 0 Å². The molecule has 5 heteroatoms. The van der Waals surface area contributed by atoms with Gasteiger partial charge >= 0.3 is 0 Å². The number of carbonyl (C=O) groups excluding carboxylic acids is 2. The number of likely N-dealkylation sites (tertiary alicyclic amines) is 1. The molecule has 26 heavy (non-hydrogen) atoms. The molecule has 2 aromatic rings. The second-order valence-corrected chi connectivity index (χ2v) is 6.78. The van der Waals surface area contributed by atoms with Gasteiger partial charge in [-0.05, 0) is 50.8 Å². The van der Waals surface area contributed by atoms with Crippen molar-refractivity contribution in [2.24, 2.45) is 0 Å². The normalized spacial score (nSPS) is 17.0. The van der Waals surface area contributed by atoms with Crippen molar-refractivity contribution in [1.29, 1.82) is 0 Å². The van der Waals surface area contributed by atoms with E-state index >= 15 is 0 Å². The summed E-state index contributed by atoms with van der Waals surface area (Å²) >= 11 is 0. The number of pyridine rings is 1. The molecule has 2 heterocycles. The Kier molecular flexibility index (Phi) is 5.66. The maximum absolute atomic E-state index is 12.9. The van der Waals surface area contributed by atoms with Crippen molar-refractivity contribution >= 4 is 23.1 Å². The van der Waals surface area contributed by atoms with E-state index in [1.54, 1.807) is 31.5 Å². The molecule has 3 rings (SSSR count). The van der Waals surface area contributed by atoms with Crippen molar-refractivity contribution in [3.8, 4) is 0 Å². The Labute approximate surface area is 154 Å². The van der Waals surface area contributed by atoms with Crippen LogP contribution in [-0.4, -0.2) is 34.2 Å². The second kappa shape index (κ2) is 8.13. The maximum Gasteiger partial charge on any atom is 0.255 e. The van der Waals surface area contributed by atoms with Crippen molar-refractivity contribution in [2.45, 2.75) is 45.6 Å². The summed E-state index contributed by atoms with van der Waals surface area (Å²) in [7, 11) is 0. The molecule has 0 bridgehead atoms. The third-order valence-corrected chi connectivity index (χ3v) is 4.90. The molecule has 1 N–H and O–H groups in total. The predicted molar refractivity (Wildman–Crippen MR) is 103 cm³/mol. The lowest BCUT2D eigenvalue weighted by atomic mass is 9.99. The van der Waals surface area contributed by atoms with E-state index in [9.17, 15) is 9.59 Å². The van der Waals surface area contributed by atoms with Crippen LogP contribution in [0.1, 0.15) is 60.2 Å². The molecular formula is C21H25N3O2. The Morgan fingerprint density at radius 2 is 1.96 bits per heavy atom. The number of nitrogens with one attached hydrogen (secondary N) is 1. The number of ketones is 1. The zero-order chi connectivity index (χ0) is 18.5. The molecule has 0 aliphatic carbocycles. The van der Waals surface area contributed by atoms with Crippen molar-refractivity contribution in [3.05, 3.63) is 53.9 Å². The minimum atomic E-state index is 0.0198. The highest BCUT2D eigenvalue weighted by molar-refractivity contribution is 5.96. The quantitative estimate of drug-likeness (QED) is 0.809. The molecule has 1 amide bonds. The first-order valence-electron chi connectivity index (χ1n) is 9.22. The van der Waals surface area contributed by atoms with Crippen LogP contribution in [0.5, 0.6) is 0 Å². The summed E-state index contributed by atoms with van der Waals surface area (Å²) in [5.41, 5.74) is 2.78. The van der Waals surface area contributed by atoms with Crippen LogP contribution in [0.3, 0.4) is 0 Å². The van der Waals surface area contributed by atoms with Crippen molar-refractivity contribution in [1.82, 2.24) is 9.88 Å². The van der Waals surface area contributed by atoms with Crippen LogP contribution in [0.4, 0.5) is 11.4 Å². The van der Waals surface area contributed by atoms with Crippen molar-refractivity contribution < 1.29 is 9.59 Å². The number of carbonyl (C=O) groups is 2. The highest BCUT2D eigenvalue weighted by Gasteiger charge is 2.26. The van der Waals surface area contributed by atoms with Crippen molar-refractivity contribution in [3.63, 3.8) is 0 Å². The maximum atomic E-state index is 12.9. The second-order valence-electron chi connectivity index (χ2n) is 6.78. The van der Waals surface area contributed by atoms with Gasteiger partial charge in [0.25, 0.3) is 5.91 Å². The number of nitrogens with zero attached hydrogens (tertiary/aromatic N) is 2. The number of piperidine rings is 1. The van der Waals surface area contributed by atoms with Gasteiger partial charge in [-0.3, -0.25) is 14.6 Å². The van der Waals surface area contributed by atoms with Gasteiger partial charge in [-0.25, -0.2) is 0 Å². The molecule has 5 nitrogen and oxygen atoms in total. The van der Waals surface area contributed by atoms with E-state index in [0.29, 0.717) is 17.2 Å². The fourth-order valence-corrected chi connectivity index (χ4v) is 3.47. The highest BCUT2D eigenvalue weighted by atomic mass is 16.2. The molecule has 0 spiro atoms. The lowest BCUT2D eigenvalue weighted by Gasteiger charge is -2.35. The fourth-order valence-electron chi connectivity index (χ4n) is 3.47. The summed E-state index contributed by atoms with van der Waals surface area (Å²) < 4.78 is 0. The zero-order valence-corrected chi connectivity index (χ0v) is 15.4. The monoisotopic (exact) mass is 351 g/mol. The molecule has 1 aromatic heterocycles. The summed E-state index contributed by atoms with van der Waals surface area (Å²) in [4.78, 5) is 30.7. The van der Waals surface area contributed by atoms with E-state index in [0.717, 1.165) is 37.2 Å². The summed E-state index contributed by atoms with van der Waals surface area (Å²) in [6.45, 7) is 4.49.